The summed E-state index contributed by atoms with van der Waals surface area (Å²) in [7, 11) is 0. The van der Waals surface area contributed by atoms with E-state index in [1.54, 1.807) is 0 Å². The fourth-order valence-corrected chi connectivity index (χ4v) is 8.17. The SMILES string of the molecule is c1ccc(-c2nc(-c3cc(-c4ccc5c(c4)oc4ccccc45)cc(-c4cc5ccccc5c5ccccc45)c3)nc(-c3ccccc3-c3ccccc3)n2)cc1. The molecule has 2 heterocycles. The van der Waals surface area contributed by atoms with Gasteiger partial charge in [-0.25, -0.2) is 15.0 Å². The first-order valence-corrected chi connectivity index (χ1v) is 19.2. The molecule has 0 aliphatic rings. The Morgan fingerprint density at radius 3 is 1.63 bits per heavy atom. The van der Waals surface area contributed by atoms with Crippen molar-refractivity contribution in [3.05, 3.63) is 200 Å². The van der Waals surface area contributed by atoms with Crippen LogP contribution in [-0.4, -0.2) is 15.0 Å². The zero-order chi connectivity index (χ0) is 37.7. The van der Waals surface area contributed by atoms with E-state index in [9.17, 15) is 0 Å². The van der Waals surface area contributed by atoms with Crippen LogP contribution in [0.15, 0.2) is 205 Å². The van der Waals surface area contributed by atoms with Crippen LogP contribution < -0.4 is 0 Å². The lowest BCUT2D eigenvalue weighted by Gasteiger charge is -2.15. The second-order valence-electron chi connectivity index (χ2n) is 14.4. The first-order valence-electron chi connectivity index (χ1n) is 19.2. The Morgan fingerprint density at radius 2 is 0.825 bits per heavy atom. The molecular weight excluding hydrogens is 695 g/mol. The summed E-state index contributed by atoms with van der Waals surface area (Å²) in [6.07, 6.45) is 0. The summed E-state index contributed by atoms with van der Waals surface area (Å²) in [5.74, 6) is 1.83. The van der Waals surface area contributed by atoms with Gasteiger partial charge >= 0.3 is 0 Å². The van der Waals surface area contributed by atoms with Gasteiger partial charge in [0.1, 0.15) is 11.2 Å². The van der Waals surface area contributed by atoms with Gasteiger partial charge in [-0.2, -0.15) is 0 Å². The van der Waals surface area contributed by atoms with Crippen LogP contribution in [-0.2, 0) is 0 Å². The highest BCUT2D eigenvalue weighted by Gasteiger charge is 2.19. The van der Waals surface area contributed by atoms with Gasteiger partial charge in [0.2, 0.25) is 0 Å². The van der Waals surface area contributed by atoms with Gasteiger partial charge in [-0.1, -0.05) is 158 Å². The predicted molar refractivity (Wildman–Crippen MR) is 235 cm³/mol. The average molecular weight is 728 g/mol. The number of fused-ring (bicyclic) bond motifs is 6. The van der Waals surface area contributed by atoms with Crippen molar-refractivity contribution in [3.63, 3.8) is 0 Å². The molecule has 2 aromatic heterocycles. The lowest BCUT2D eigenvalue weighted by molar-refractivity contribution is 0.669. The van der Waals surface area contributed by atoms with Gasteiger partial charge in [0.25, 0.3) is 0 Å². The third-order valence-electron chi connectivity index (χ3n) is 10.9. The van der Waals surface area contributed by atoms with Crippen LogP contribution in [0.25, 0.3) is 111 Å². The number of para-hydroxylation sites is 1. The summed E-state index contributed by atoms with van der Waals surface area (Å²) in [6.45, 7) is 0. The normalized spacial score (nSPS) is 11.5. The van der Waals surface area contributed by atoms with Crippen molar-refractivity contribution in [2.24, 2.45) is 0 Å². The lowest BCUT2D eigenvalue weighted by Crippen LogP contribution is -2.01. The van der Waals surface area contributed by atoms with E-state index >= 15 is 0 Å². The predicted octanol–water partition coefficient (Wildman–Crippen LogP) is 14.1. The Morgan fingerprint density at radius 1 is 0.263 bits per heavy atom. The summed E-state index contributed by atoms with van der Waals surface area (Å²) >= 11 is 0. The third-order valence-corrected chi connectivity index (χ3v) is 10.9. The highest BCUT2D eigenvalue weighted by Crippen LogP contribution is 2.41. The molecule has 11 rings (SSSR count). The van der Waals surface area contributed by atoms with E-state index in [4.69, 9.17) is 19.4 Å². The van der Waals surface area contributed by atoms with Crippen molar-refractivity contribution in [2.75, 3.05) is 0 Å². The van der Waals surface area contributed by atoms with Crippen molar-refractivity contribution in [1.82, 2.24) is 15.0 Å². The largest absolute Gasteiger partial charge is 0.456 e. The quantitative estimate of drug-likeness (QED) is 0.160. The van der Waals surface area contributed by atoms with Crippen LogP contribution in [0, 0.1) is 0 Å². The molecular formula is C53H33N3O. The summed E-state index contributed by atoms with van der Waals surface area (Å²) in [6, 6.07) is 70.0. The van der Waals surface area contributed by atoms with Crippen molar-refractivity contribution < 1.29 is 4.42 Å². The first kappa shape index (κ1) is 32.7. The molecule has 0 bridgehead atoms. The van der Waals surface area contributed by atoms with Gasteiger partial charge in [-0.3, -0.25) is 0 Å². The maximum absolute atomic E-state index is 6.39. The second kappa shape index (κ2) is 13.6. The van der Waals surface area contributed by atoms with Crippen molar-refractivity contribution in [3.8, 4) is 67.5 Å². The molecule has 0 spiro atoms. The summed E-state index contributed by atoms with van der Waals surface area (Å²) < 4.78 is 6.39. The Hall–Kier alpha value is -7.69. The average Bonchev–Trinajstić information content (AvgIpc) is 3.67. The van der Waals surface area contributed by atoms with E-state index in [0.29, 0.717) is 17.5 Å². The van der Waals surface area contributed by atoms with E-state index in [0.717, 1.165) is 72.0 Å². The number of rotatable bonds is 6. The topological polar surface area (TPSA) is 51.8 Å². The monoisotopic (exact) mass is 727 g/mol. The van der Waals surface area contributed by atoms with E-state index in [1.807, 2.05) is 42.5 Å². The van der Waals surface area contributed by atoms with Crippen LogP contribution >= 0.6 is 0 Å². The van der Waals surface area contributed by atoms with Gasteiger partial charge in [-0.15, -0.1) is 0 Å². The summed E-state index contributed by atoms with van der Waals surface area (Å²) in [5.41, 5.74) is 10.9. The maximum atomic E-state index is 6.39. The Balaban J connectivity index is 1.18. The lowest BCUT2D eigenvalue weighted by atomic mass is 9.90. The van der Waals surface area contributed by atoms with Crippen molar-refractivity contribution in [2.45, 2.75) is 0 Å². The fraction of sp³-hybridized carbons (Fsp3) is 0. The zero-order valence-corrected chi connectivity index (χ0v) is 30.8. The zero-order valence-electron chi connectivity index (χ0n) is 30.8. The second-order valence-corrected chi connectivity index (χ2v) is 14.4. The van der Waals surface area contributed by atoms with Crippen molar-refractivity contribution in [1.29, 1.82) is 0 Å². The van der Waals surface area contributed by atoms with E-state index in [2.05, 4.69) is 158 Å². The Bertz CT molecular complexity index is 3300. The molecule has 0 unspecified atom stereocenters. The molecule has 0 atom stereocenters. The molecule has 0 aliphatic carbocycles. The summed E-state index contributed by atoms with van der Waals surface area (Å²) in [4.78, 5) is 15.7. The van der Waals surface area contributed by atoms with E-state index in [-0.39, 0.29) is 0 Å². The van der Waals surface area contributed by atoms with Gasteiger partial charge < -0.3 is 4.42 Å². The maximum Gasteiger partial charge on any atom is 0.164 e. The molecule has 9 aromatic carbocycles. The highest BCUT2D eigenvalue weighted by molar-refractivity contribution is 6.14. The van der Waals surface area contributed by atoms with Gasteiger partial charge in [0, 0.05) is 27.5 Å². The molecule has 11 aromatic rings. The van der Waals surface area contributed by atoms with Crippen LogP contribution in [0.4, 0.5) is 0 Å². The summed E-state index contributed by atoms with van der Waals surface area (Å²) in [5, 5.41) is 7.03. The number of furan rings is 1. The third kappa shape index (κ3) is 5.83. The molecule has 0 saturated carbocycles. The van der Waals surface area contributed by atoms with Gasteiger partial charge in [0.05, 0.1) is 0 Å². The molecule has 4 heteroatoms. The molecule has 0 aliphatic heterocycles. The fourth-order valence-electron chi connectivity index (χ4n) is 8.17. The number of nitrogens with zero attached hydrogens (tertiary/aromatic N) is 3. The molecule has 0 fully saturated rings. The molecule has 0 N–H and O–H groups in total. The first-order chi connectivity index (χ1) is 28.2. The van der Waals surface area contributed by atoms with E-state index < -0.39 is 0 Å². The van der Waals surface area contributed by atoms with Crippen LogP contribution in [0.1, 0.15) is 0 Å². The van der Waals surface area contributed by atoms with Crippen LogP contribution in [0.5, 0.6) is 0 Å². The van der Waals surface area contributed by atoms with Crippen LogP contribution in [0.2, 0.25) is 0 Å². The minimum atomic E-state index is 0.597. The van der Waals surface area contributed by atoms with Crippen LogP contribution in [0.3, 0.4) is 0 Å². The number of benzene rings is 9. The number of hydrogen-bond acceptors (Lipinski definition) is 4. The van der Waals surface area contributed by atoms with Gasteiger partial charge in [0.15, 0.2) is 17.5 Å². The molecule has 0 amide bonds. The molecule has 0 radical (unpaired) electrons. The Labute approximate surface area is 329 Å². The van der Waals surface area contributed by atoms with Gasteiger partial charge in [-0.05, 0) is 97.4 Å². The van der Waals surface area contributed by atoms with E-state index in [1.165, 1.54) is 21.5 Å². The molecule has 266 valence electrons. The minimum absolute atomic E-state index is 0.597. The molecule has 57 heavy (non-hydrogen) atoms. The standard InChI is InChI=1S/C53H33N3O/c1-3-15-34(16-4-1)41-20-9-12-25-47(41)53-55-51(35-17-5-2-6-18-35)54-52(56-53)40-30-38(36-27-28-46-45-24-13-14-26-49(45)57-50(46)33-36)29-39(31-40)48-32-37-19-7-8-21-42(37)43-22-10-11-23-44(43)48/h1-33H. The molecule has 4 nitrogen and oxygen atoms in total. The minimum Gasteiger partial charge on any atom is -0.456 e. The Kier molecular flexibility index (Phi) is 7.78. The number of hydrogen-bond donors (Lipinski definition) is 0. The smallest absolute Gasteiger partial charge is 0.164 e. The molecule has 0 saturated heterocycles. The highest BCUT2D eigenvalue weighted by atomic mass is 16.3. The van der Waals surface area contributed by atoms with Crippen molar-refractivity contribution >= 4 is 43.5 Å². The number of aromatic nitrogens is 3.